The summed E-state index contributed by atoms with van der Waals surface area (Å²) in [4.78, 5) is 15.0. The number of ether oxygens (including phenoxy) is 3. The number of morpholine rings is 1. The Morgan fingerprint density at radius 3 is 2.39 bits per heavy atom. The third-order valence-corrected chi connectivity index (χ3v) is 8.05. The number of hydrogen-bond acceptors (Lipinski definition) is 6. The number of carbonyl (C=O) groups is 1. The van der Waals surface area contributed by atoms with Gasteiger partial charge in [-0.05, 0) is 49.1 Å². The van der Waals surface area contributed by atoms with Gasteiger partial charge in [-0.25, -0.2) is 8.42 Å². The lowest BCUT2D eigenvalue weighted by atomic mass is 9.97. The van der Waals surface area contributed by atoms with Crippen molar-refractivity contribution in [3.63, 3.8) is 0 Å². The number of benzene rings is 2. The second-order valence-corrected chi connectivity index (χ2v) is 10.1. The monoisotopic (exact) mass is 474 g/mol. The second kappa shape index (κ2) is 10.5. The van der Waals surface area contributed by atoms with Gasteiger partial charge in [0.2, 0.25) is 10.0 Å². The summed E-state index contributed by atoms with van der Waals surface area (Å²) in [5.41, 5.74) is 0.349. The highest BCUT2D eigenvalue weighted by Crippen LogP contribution is 2.29. The lowest BCUT2D eigenvalue weighted by Gasteiger charge is -2.32. The van der Waals surface area contributed by atoms with Crippen molar-refractivity contribution in [2.24, 2.45) is 5.92 Å². The standard InChI is InChI=1S/C24H30N2O6S/c1-30-22-8-7-20(17-23(22)33(28,29)26-13-15-31-16-14-26)24(27)25-11-9-19(10-12-25)18-32-21-5-3-2-4-6-21/h2-8,17,19H,9-16,18H2,1H3. The van der Waals surface area contributed by atoms with Crippen molar-refractivity contribution in [2.45, 2.75) is 17.7 Å². The van der Waals surface area contributed by atoms with Gasteiger partial charge >= 0.3 is 0 Å². The number of carbonyl (C=O) groups excluding carboxylic acids is 1. The Hall–Kier alpha value is -2.62. The van der Waals surface area contributed by atoms with E-state index in [9.17, 15) is 13.2 Å². The van der Waals surface area contributed by atoms with Gasteiger partial charge in [0.1, 0.15) is 16.4 Å². The van der Waals surface area contributed by atoms with Crippen LogP contribution in [0.3, 0.4) is 0 Å². The quantitative estimate of drug-likeness (QED) is 0.613. The molecule has 4 rings (SSSR count). The third kappa shape index (κ3) is 5.48. The first-order valence-electron chi connectivity index (χ1n) is 11.2. The molecule has 9 heteroatoms. The highest BCUT2D eigenvalue weighted by atomic mass is 32.2. The van der Waals surface area contributed by atoms with Gasteiger partial charge in [-0.1, -0.05) is 18.2 Å². The number of likely N-dealkylation sites (tertiary alicyclic amines) is 1. The zero-order chi connectivity index (χ0) is 23.3. The molecule has 0 aromatic heterocycles. The van der Waals surface area contributed by atoms with Crippen molar-refractivity contribution < 1.29 is 27.4 Å². The van der Waals surface area contributed by atoms with Crippen LogP contribution in [0.25, 0.3) is 0 Å². The molecule has 2 aromatic carbocycles. The minimum Gasteiger partial charge on any atom is -0.495 e. The summed E-state index contributed by atoms with van der Waals surface area (Å²) in [7, 11) is -2.36. The van der Waals surface area contributed by atoms with Crippen molar-refractivity contribution in [2.75, 3.05) is 53.1 Å². The van der Waals surface area contributed by atoms with Gasteiger partial charge in [0, 0.05) is 31.7 Å². The molecule has 2 heterocycles. The summed E-state index contributed by atoms with van der Waals surface area (Å²) in [6, 6.07) is 14.3. The molecule has 0 aliphatic carbocycles. The fourth-order valence-corrected chi connectivity index (χ4v) is 5.74. The summed E-state index contributed by atoms with van der Waals surface area (Å²) in [5, 5.41) is 0. The first-order chi connectivity index (χ1) is 16.0. The maximum absolute atomic E-state index is 13.2. The first-order valence-corrected chi connectivity index (χ1v) is 12.7. The van der Waals surface area contributed by atoms with E-state index in [-0.39, 0.29) is 29.6 Å². The van der Waals surface area contributed by atoms with Crippen molar-refractivity contribution in [3.8, 4) is 11.5 Å². The minimum atomic E-state index is -3.79. The molecule has 0 spiro atoms. The molecule has 2 aromatic rings. The summed E-state index contributed by atoms with van der Waals surface area (Å²) < 4.78 is 44.2. The highest BCUT2D eigenvalue weighted by Gasteiger charge is 2.31. The first kappa shape index (κ1) is 23.5. The maximum atomic E-state index is 13.2. The van der Waals surface area contributed by atoms with E-state index in [0.717, 1.165) is 18.6 Å². The van der Waals surface area contributed by atoms with Gasteiger partial charge in [0.15, 0.2) is 0 Å². The van der Waals surface area contributed by atoms with E-state index in [1.54, 1.807) is 17.0 Å². The number of rotatable bonds is 7. The Bertz CT molecular complexity index is 1050. The smallest absolute Gasteiger partial charge is 0.253 e. The molecule has 33 heavy (non-hydrogen) atoms. The van der Waals surface area contributed by atoms with Crippen LogP contribution in [0.1, 0.15) is 23.2 Å². The van der Waals surface area contributed by atoms with Crippen LogP contribution in [0.2, 0.25) is 0 Å². The molecule has 0 radical (unpaired) electrons. The summed E-state index contributed by atoms with van der Waals surface area (Å²) >= 11 is 0. The van der Waals surface area contributed by atoms with Crippen molar-refractivity contribution in [1.82, 2.24) is 9.21 Å². The third-order valence-electron chi connectivity index (χ3n) is 6.13. The van der Waals surface area contributed by atoms with E-state index < -0.39 is 10.0 Å². The van der Waals surface area contributed by atoms with Crippen molar-refractivity contribution in [1.29, 1.82) is 0 Å². The van der Waals surface area contributed by atoms with Crippen LogP contribution in [0, 0.1) is 5.92 Å². The molecular weight excluding hydrogens is 444 g/mol. The SMILES string of the molecule is COc1ccc(C(=O)N2CCC(COc3ccccc3)CC2)cc1S(=O)(=O)N1CCOCC1. The van der Waals surface area contributed by atoms with Crippen LogP contribution < -0.4 is 9.47 Å². The fraction of sp³-hybridized carbons (Fsp3) is 0.458. The average Bonchev–Trinajstić information content (AvgIpc) is 2.88. The predicted molar refractivity (Wildman–Crippen MR) is 123 cm³/mol. The number of piperidine rings is 1. The number of hydrogen-bond donors (Lipinski definition) is 0. The molecule has 178 valence electrons. The van der Waals surface area contributed by atoms with Gasteiger partial charge in [0.05, 0.1) is 26.9 Å². The molecule has 0 saturated carbocycles. The lowest BCUT2D eigenvalue weighted by Crippen LogP contribution is -2.41. The van der Waals surface area contributed by atoms with Crippen LogP contribution in [-0.2, 0) is 14.8 Å². The van der Waals surface area contributed by atoms with Crippen LogP contribution in [0.15, 0.2) is 53.4 Å². The predicted octanol–water partition coefficient (Wildman–Crippen LogP) is 2.65. The molecule has 0 N–H and O–H groups in total. The Morgan fingerprint density at radius 2 is 1.73 bits per heavy atom. The summed E-state index contributed by atoms with van der Waals surface area (Å²) in [6.45, 7) is 3.10. The number of sulfonamides is 1. The molecule has 2 saturated heterocycles. The zero-order valence-corrected chi connectivity index (χ0v) is 19.6. The van der Waals surface area contributed by atoms with Gasteiger partial charge < -0.3 is 19.1 Å². The Kier molecular flexibility index (Phi) is 7.52. The molecular formula is C24H30N2O6S. The Balaban J connectivity index is 1.42. The normalized spacial score (nSPS) is 18.2. The van der Waals surface area contributed by atoms with Crippen molar-refractivity contribution >= 4 is 15.9 Å². The van der Waals surface area contributed by atoms with E-state index >= 15 is 0 Å². The van der Waals surface area contributed by atoms with Crippen LogP contribution in [-0.4, -0.2) is 76.6 Å². The lowest BCUT2D eigenvalue weighted by molar-refractivity contribution is 0.0660. The zero-order valence-electron chi connectivity index (χ0n) is 18.8. The number of amides is 1. The van der Waals surface area contributed by atoms with E-state index in [2.05, 4.69) is 0 Å². The van der Waals surface area contributed by atoms with Crippen LogP contribution in [0.5, 0.6) is 11.5 Å². The fourth-order valence-electron chi connectivity index (χ4n) is 4.15. The number of nitrogens with zero attached hydrogens (tertiary/aromatic N) is 2. The molecule has 2 aliphatic heterocycles. The van der Waals surface area contributed by atoms with Gasteiger partial charge in [-0.3, -0.25) is 4.79 Å². The van der Waals surface area contributed by atoms with E-state index in [0.29, 0.717) is 44.4 Å². The molecule has 0 bridgehead atoms. The number of methoxy groups -OCH3 is 1. The van der Waals surface area contributed by atoms with Gasteiger partial charge in [-0.15, -0.1) is 0 Å². The minimum absolute atomic E-state index is 0.0175. The maximum Gasteiger partial charge on any atom is 0.253 e. The average molecular weight is 475 g/mol. The topological polar surface area (TPSA) is 85.4 Å². The molecule has 1 amide bonds. The van der Waals surface area contributed by atoms with Crippen molar-refractivity contribution in [3.05, 3.63) is 54.1 Å². The number of para-hydroxylation sites is 1. The Morgan fingerprint density at radius 1 is 1.03 bits per heavy atom. The summed E-state index contributed by atoms with van der Waals surface area (Å²) in [5.74, 6) is 1.29. The molecule has 0 unspecified atom stereocenters. The van der Waals surface area contributed by atoms with E-state index in [1.165, 1.54) is 17.5 Å². The largest absolute Gasteiger partial charge is 0.495 e. The van der Waals surface area contributed by atoms with Gasteiger partial charge in [-0.2, -0.15) is 4.31 Å². The van der Waals surface area contributed by atoms with Crippen LogP contribution >= 0.6 is 0 Å². The molecule has 2 fully saturated rings. The van der Waals surface area contributed by atoms with E-state index in [1.807, 2.05) is 30.3 Å². The molecule has 0 atom stereocenters. The second-order valence-electron chi connectivity index (χ2n) is 8.24. The van der Waals surface area contributed by atoms with Crippen LogP contribution in [0.4, 0.5) is 0 Å². The van der Waals surface area contributed by atoms with E-state index in [4.69, 9.17) is 14.2 Å². The molecule has 2 aliphatic rings. The highest BCUT2D eigenvalue weighted by molar-refractivity contribution is 7.89. The molecule has 8 nitrogen and oxygen atoms in total. The Labute approximate surface area is 195 Å². The summed E-state index contributed by atoms with van der Waals surface area (Å²) in [6.07, 6.45) is 1.68. The van der Waals surface area contributed by atoms with Gasteiger partial charge in [0.25, 0.3) is 5.91 Å².